The quantitative estimate of drug-likeness (QED) is 0.602. The van der Waals surface area contributed by atoms with Crippen molar-refractivity contribution in [3.63, 3.8) is 0 Å². The topological polar surface area (TPSA) is 107 Å². The third kappa shape index (κ3) is 4.10. The molecule has 0 aromatic heterocycles. The highest BCUT2D eigenvalue weighted by atomic mass is 35.5. The molecule has 1 aromatic carbocycles. The van der Waals surface area contributed by atoms with E-state index >= 15 is 0 Å². The van der Waals surface area contributed by atoms with E-state index < -0.39 is 11.0 Å². The fourth-order valence-electron chi connectivity index (χ4n) is 4.28. The van der Waals surface area contributed by atoms with Gasteiger partial charge < -0.3 is 15.8 Å². The van der Waals surface area contributed by atoms with Crippen LogP contribution in [0.3, 0.4) is 0 Å². The second kappa shape index (κ2) is 7.80. The molecule has 7 nitrogen and oxygen atoms in total. The monoisotopic (exact) mass is 381 g/mol. The number of hydrogen-bond donors (Lipinski definition) is 2. The molecule has 0 spiro atoms. The number of nitro groups is 1. The molecule has 26 heavy (non-hydrogen) atoms. The van der Waals surface area contributed by atoms with E-state index in [9.17, 15) is 14.9 Å². The van der Waals surface area contributed by atoms with E-state index in [1.807, 2.05) is 0 Å². The van der Waals surface area contributed by atoms with Crippen LogP contribution < -0.4 is 15.8 Å². The van der Waals surface area contributed by atoms with Gasteiger partial charge in [0.05, 0.1) is 4.92 Å². The van der Waals surface area contributed by atoms with Crippen molar-refractivity contribution in [2.75, 3.05) is 0 Å². The van der Waals surface area contributed by atoms with Gasteiger partial charge in [-0.3, -0.25) is 14.9 Å². The first-order valence-corrected chi connectivity index (χ1v) is 9.39. The Bertz CT molecular complexity index is 685. The lowest BCUT2D eigenvalue weighted by Crippen LogP contribution is -2.55. The number of halogens is 1. The summed E-state index contributed by atoms with van der Waals surface area (Å²) in [5, 5.41) is 14.5. The van der Waals surface area contributed by atoms with Crippen molar-refractivity contribution in [1.29, 1.82) is 0 Å². The zero-order valence-corrected chi connectivity index (χ0v) is 15.4. The number of rotatable bonds is 5. The number of nitro benzene ring substituents is 1. The molecule has 2 aliphatic carbocycles. The minimum absolute atomic E-state index is 0.0351. The summed E-state index contributed by atoms with van der Waals surface area (Å²) in [4.78, 5) is 23.2. The predicted octanol–water partition coefficient (Wildman–Crippen LogP) is 3.04. The summed E-state index contributed by atoms with van der Waals surface area (Å²) in [5.41, 5.74) is 5.87. The highest BCUT2D eigenvalue weighted by Gasteiger charge is 2.40. The Labute approximate surface area is 157 Å². The molecular weight excluding hydrogens is 358 g/mol. The van der Waals surface area contributed by atoms with Crippen molar-refractivity contribution >= 4 is 23.2 Å². The molecule has 142 valence electrons. The maximum absolute atomic E-state index is 12.6. The number of carbonyl (C=O) groups excluding carboxylic acids is 1. The highest BCUT2D eigenvalue weighted by Crippen LogP contribution is 2.39. The normalized spacial score (nSPS) is 28.9. The van der Waals surface area contributed by atoms with Crippen LogP contribution in [0.25, 0.3) is 0 Å². The second-order valence-electron chi connectivity index (χ2n) is 7.35. The molecule has 3 atom stereocenters. The van der Waals surface area contributed by atoms with Crippen molar-refractivity contribution in [2.24, 2.45) is 17.6 Å². The molecule has 2 aliphatic rings. The van der Waals surface area contributed by atoms with E-state index in [0.717, 1.165) is 25.7 Å². The Morgan fingerprint density at radius 2 is 2.04 bits per heavy atom. The minimum Gasteiger partial charge on any atom is -0.474 e. The summed E-state index contributed by atoms with van der Waals surface area (Å²) in [6.45, 7) is 1.60. The van der Waals surface area contributed by atoms with Crippen molar-refractivity contribution in [3.8, 4) is 5.75 Å². The van der Waals surface area contributed by atoms with Crippen molar-refractivity contribution in [1.82, 2.24) is 5.32 Å². The Balaban J connectivity index is 1.66. The SMILES string of the molecule is CC(Oc1ccc(Cl)cc1[N+](=O)[O-])C(=O)NC1C2CCCC1CC(N)C2. The molecule has 3 rings (SSSR count). The summed E-state index contributed by atoms with van der Waals surface area (Å²) in [5.74, 6) is 0.580. The third-order valence-electron chi connectivity index (χ3n) is 5.48. The summed E-state index contributed by atoms with van der Waals surface area (Å²) < 4.78 is 5.57. The van der Waals surface area contributed by atoms with Crippen LogP contribution in [0.2, 0.25) is 5.02 Å². The maximum atomic E-state index is 12.6. The highest BCUT2D eigenvalue weighted by molar-refractivity contribution is 6.30. The number of benzene rings is 1. The number of ether oxygens (including phenoxy) is 1. The largest absolute Gasteiger partial charge is 0.474 e. The van der Waals surface area contributed by atoms with Crippen LogP contribution in [-0.4, -0.2) is 29.0 Å². The first kappa shape index (κ1) is 18.9. The van der Waals surface area contributed by atoms with E-state index in [1.54, 1.807) is 6.92 Å². The van der Waals surface area contributed by atoms with E-state index in [4.69, 9.17) is 22.1 Å². The zero-order valence-electron chi connectivity index (χ0n) is 14.7. The molecule has 0 radical (unpaired) electrons. The molecule has 0 heterocycles. The van der Waals surface area contributed by atoms with Crippen LogP contribution in [0, 0.1) is 22.0 Å². The van der Waals surface area contributed by atoms with Crippen LogP contribution in [0.1, 0.15) is 39.0 Å². The van der Waals surface area contributed by atoms with E-state index in [2.05, 4.69) is 5.32 Å². The Kier molecular flexibility index (Phi) is 5.67. The molecule has 1 aromatic rings. The summed E-state index contributed by atoms with van der Waals surface area (Å²) in [6, 6.07) is 4.46. The maximum Gasteiger partial charge on any atom is 0.312 e. The van der Waals surface area contributed by atoms with Gasteiger partial charge in [0.1, 0.15) is 0 Å². The number of fused-ring (bicyclic) bond motifs is 2. The van der Waals surface area contributed by atoms with Crippen LogP contribution in [0.15, 0.2) is 18.2 Å². The third-order valence-corrected chi connectivity index (χ3v) is 5.71. The molecule has 0 aliphatic heterocycles. The zero-order chi connectivity index (χ0) is 18.8. The van der Waals surface area contributed by atoms with Crippen LogP contribution in [0.4, 0.5) is 5.69 Å². The van der Waals surface area contributed by atoms with E-state index in [-0.39, 0.29) is 34.5 Å². The van der Waals surface area contributed by atoms with Gasteiger partial charge in [0.25, 0.3) is 5.91 Å². The Hall–Kier alpha value is -1.86. The number of amides is 1. The molecule has 2 bridgehead atoms. The molecule has 1 amide bonds. The van der Waals surface area contributed by atoms with Crippen molar-refractivity contribution in [3.05, 3.63) is 33.3 Å². The van der Waals surface area contributed by atoms with Gasteiger partial charge in [-0.15, -0.1) is 0 Å². The number of nitrogens with one attached hydrogen (secondary N) is 1. The molecule has 2 fully saturated rings. The molecule has 3 N–H and O–H groups in total. The number of hydrogen-bond acceptors (Lipinski definition) is 5. The standard InChI is InChI=1S/C18H24ClN3O4/c1-10(26-16-6-5-13(19)9-15(16)22(24)25)18(23)21-17-11-3-2-4-12(17)8-14(20)7-11/h5-6,9-12,14,17H,2-4,7-8,20H2,1H3,(H,21,23). The summed E-state index contributed by atoms with van der Waals surface area (Å²) in [7, 11) is 0. The van der Waals surface area contributed by atoms with Gasteiger partial charge in [-0.05, 0) is 56.6 Å². The van der Waals surface area contributed by atoms with Gasteiger partial charge in [0.15, 0.2) is 11.9 Å². The van der Waals surface area contributed by atoms with Crippen LogP contribution in [-0.2, 0) is 4.79 Å². The van der Waals surface area contributed by atoms with Crippen LogP contribution >= 0.6 is 11.6 Å². The van der Waals surface area contributed by atoms with Gasteiger partial charge in [0, 0.05) is 23.2 Å². The number of nitrogens with two attached hydrogens (primary N) is 1. The number of carbonyl (C=O) groups is 1. The lowest BCUT2D eigenvalue weighted by molar-refractivity contribution is -0.386. The Morgan fingerprint density at radius 3 is 2.65 bits per heavy atom. The van der Waals surface area contributed by atoms with Gasteiger partial charge in [-0.1, -0.05) is 18.0 Å². The predicted molar refractivity (Wildman–Crippen MR) is 98.2 cm³/mol. The fraction of sp³-hybridized carbons (Fsp3) is 0.611. The molecule has 0 saturated heterocycles. The minimum atomic E-state index is -0.841. The first-order chi connectivity index (χ1) is 12.3. The van der Waals surface area contributed by atoms with Gasteiger partial charge in [0.2, 0.25) is 0 Å². The molecule has 2 saturated carbocycles. The van der Waals surface area contributed by atoms with Crippen molar-refractivity contribution in [2.45, 2.75) is 57.2 Å². The smallest absolute Gasteiger partial charge is 0.312 e. The molecule has 3 unspecified atom stereocenters. The summed E-state index contributed by atoms with van der Waals surface area (Å²) >= 11 is 5.81. The van der Waals surface area contributed by atoms with Gasteiger partial charge in [-0.2, -0.15) is 0 Å². The summed E-state index contributed by atoms with van der Waals surface area (Å²) in [6.07, 6.45) is 4.35. The lowest BCUT2D eigenvalue weighted by Gasteiger charge is -2.45. The molecule has 8 heteroatoms. The fourth-order valence-corrected chi connectivity index (χ4v) is 4.45. The van der Waals surface area contributed by atoms with E-state index in [1.165, 1.54) is 24.6 Å². The van der Waals surface area contributed by atoms with Crippen LogP contribution in [0.5, 0.6) is 5.75 Å². The first-order valence-electron chi connectivity index (χ1n) is 9.01. The average Bonchev–Trinajstić information content (AvgIpc) is 2.57. The van der Waals surface area contributed by atoms with Gasteiger partial charge >= 0.3 is 5.69 Å². The Morgan fingerprint density at radius 1 is 1.38 bits per heavy atom. The van der Waals surface area contributed by atoms with Crippen molar-refractivity contribution < 1.29 is 14.5 Å². The average molecular weight is 382 g/mol. The second-order valence-corrected chi connectivity index (χ2v) is 7.78. The lowest BCUT2D eigenvalue weighted by atomic mass is 9.67. The number of nitrogens with zero attached hydrogens (tertiary/aromatic N) is 1. The van der Waals surface area contributed by atoms with E-state index in [0.29, 0.717) is 11.8 Å². The molecular formula is C18H24ClN3O4. The van der Waals surface area contributed by atoms with Gasteiger partial charge in [-0.25, -0.2) is 0 Å².